The van der Waals surface area contributed by atoms with Crippen molar-refractivity contribution in [1.29, 1.82) is 0 Å². The van der Waals surface area contributed by atoms with Gasteiger partial charge in [-0.05, 0) is 30.4 Å². The summed E-state index contributed by atoms with van der Waals surface area (Å²) in [4.78, 5) is 9.14. The lowest BCUT2D eigenvalue weighted by molar-refractivity contribution is 0.0174. The van der Waals surface area contributed by atoms with Gasteiger partial charge < -0.3 is 4.74 Å². The lowest BCUT2D eigenvalue weighted by Crippen LogP contribution is -2.15. The number of halogens is 1. The van der Waals surface area contributed by atoms with Crippen LogP contribution < -0.4 is 0 Å². The number of aryl methyl sites for hydroxylation is 1. The second kappa shape index (κ2) is 17.6. The minimum absolute atomic E-state index is 0.293. The maximum atomic E-state index is 13.2. The molecule has 0 saturated carbocycles. The molecule has 0 saturated heterocycles. The number of alkyl halides is 1. The second-order valence-corrected chi connectivity index (χ2v) is 9.27. The van der Waals surface area contributed by atoms with Crippen LogP contribution in [0.15, 0.2) is 36.7 Å². The summed E-state index contributed by atoms with van der Waals surface area (Å²) in [6.45, 7) is 4.48. The van der Waals surface area contributed by atoms with E-state index in [1.54, 1.807) is 0 Å². The molecular formula is C29H45FN2O. The summed E-state index contributed by atoms with van der Waals surface area (Å²) in [6, 6.07) is 8.11. The van der Waals surface area contributed by atoms with Gasteiger partial charge in [-0.3, -0.25) is 0 Å². The van der Waals surface area contributed by atoms with E-state index >= 15 is 0 Å². The van der Waals surface area contributed by atoms with Crippen molar-refractivity contribution in [3.63, 3.8) is 0 Å². The Labute approximate surface area is 201 Å². The van der Waals surface area contributed by atoms with E-state index in [0.29, 0.717) is 6.61 Å². The molecule has 1 heterocycles. The second-order valence-electron chi connectivity index (χ2n) is 9.27. The van der Waals surface area contributed by atoms with Crippen LogP contribution in [0.5, 0.6) is 0 Å². The summed E-state index contributed by atoms with van der Waals surface area (Å²) in [5, 5.41) is 0. The van der Waals surface area contributed by atoms with Crippen molar-refractivity contribution in [2.75, 3.05) is 6.67 Å². The number of unbranched alkanes of at least 4 members (excludes halogenated alkanes) is 10. The van der Waals surface area contributed by atoms with Gasteiger partial charge in [-0.2, -0.15) is 0 Å². The van der Waals surface area contributed by atoms with E-state index in [-0.39, 0.29) is 6.10 Å². The minimum Gasteiger partial charge on any atom is -0.371 e. The van der Waals surface area contributed by atoms with E-state index < -0.39 is 6.67 Å². The van der Waals surface area contributed by atoms with Gasteiger partial charge in [-0.1, -0.05) is 109 Å². The first-order valence-corrected chi connectivity index (χ1v) is 13.3. The fraction of sp³-hybridized carbons (Fsp3) is 0.655. The predicted octanol–water partition coefficient (Wildman–Crippen LogP) is 8.65. The molecular weight excluding hydrogens is 411 g/mol. The third-order valence-corrected chi connectivity index (χ3v) is 6.27. The molecule has 0 radical (unpaired) electrons. The lowest BCUT2D eigenvalue weighted by atomic mass is 10.1. The Hall–Kier alpha value is -1.81. The molecule has 184 valence electrons. The highest BCUT2D eigenvalue weighted by Crippen LogP contribution is 2.18. The zero-order valence-corrected chi connectivity index (χ0v) is 21.0. The Morgan fingerprint density at radius 3 is 1.91 bits per heavy atom. The first kappa shape index (κ1) is 27.4. The van der Waals surface area contributed by atoms with Crippen LogP contribution in [0.25, 0.3) is 11.4 Å². The van der Waals surface area contributed by atoms with E-state index in [1.807, 2.05) is 36.7 Å². The maximum Gasteiger partial charge on any atom is 0.159 e. The highest BCUT2D eigenvalue weighted by molar-refractivity contribution is 5.55. The SMILES string of the molecule is CCCCCCCCCCc1cnc(-c2ccc(COC(CF)CCCCCC)cc2)nc1. The lowest BCUT2D eigenvalue weighted by Gasteiger charge is -2.14. The van der Waals surface area contributed by atoms with Gasteiger partial charge in [0.25, 0.3) is 0 Å². The van der Waals surface area contributed by atoms with E-state index in [1.165, 1.54) is 69.8 Å². The fourth-order valence-electron chi connectivity index (χ4n) is 4.06. The normalized spacial score (nSPS) is 12.2. The van der Waals surface area contributed by atoms with Gasteiger partial charge in [0.2, 0.25) is 0 Å². The van der Waals surface area contributed by atoms with Crippen molar-refractivity contribution >= 4 is 0 Å². The average molecular weight is 457 g/mol. The zero-order valence-electron chi connectivity index (χ0n) is 21.0. The van der Waals surface area contributed by atoms with Crippen molar-refractivity contribution in [2.45, 2.75) is 116 Å². The molecule has 4 heteroatoms. The molecule has 1 aromatic carbocycles. The summed E-state index contributed by atoms with van der Waals surface area (Å²) < 4.78 is 19.0. The van der Waals surface area contributed by atoms with E-state index in [4.69, 9.17) is 4.74 Å². The maximum absolute atomic E-state index is 13.2. The Kier molecular flexibility index (Phi) is 14.7. The van der Waals surface area contributed by atoms with Crippen molar-refractivity contribution in [3.8, 4) is 11.4 Å². The molecule has 3 nitrogen and oxygen atoms in total. The number of rotatable bonds is 19. The number of hydrogen-bond acceptors (Lipinski definition) is 3. The van der Waals surface area contributed by atoms with Gasteiger partial charge in [0.05, 0.1) is 12.7 Å². The van der Waals surface area contributed by atoms with Gasteiger partial charge in [-0.15, -0.1) is 0 Å². The Morgan fingerprint density at radius 1 is 0.727 bits per heavy atom. The van der Waals surface area contributed by atoms with Gasteiger partial charge in [0, 0.05) is 18.0 Å². The number of nitrogens with zero attached hydrogens (tertiary/aromatic N) is 2. The number of ether oxygens (including phenoxy) is 1. The Balaban J connectivity index is 1.70. The molecule has 0 N–H and O–H groups in total. The van der Waals surface area contributed by atoms with Crippen LogP contribution in [0.2, 0.25) is 0 Å². The summed E-state index contributed by atoms with van der Waals surface area (Å²) in [7, 11) is 0. The molecule has 2 aromatic rings. The Morgan fingerprint density at radius 2 is 1.30 bits per heavy atom. The number of benzene rings is 1. The van der Waals surface area contributed by atoms with Crippen LogP contribution in [-0.4, -0.2) is 22.7 Å². The summed E-state index contributed by atoms with van der Waals surface area (Å²) in [6.07, 6.45) is 20.7. The van der Waals surface area contributed by atoms with Gasteiger partial charge in [0.1, 0.15) is 6.67 Å². The molecule has 0 spiro atoms. The van der Waals surface area contributed by atoms with Crippen molar-refractivity contribution in [3.05, 3.63) is 47.8 Å². The van der Waals surface area contributed by atoms with Crippen molar-refractivity contribution < 1.29 is 9.13 Å². The van der Waals surface area contributed by atoms with Crippen molar-refractivity contribution in [1.82, 2.24) is 9.97 Å². The standard InChI is InChI=1S/C29H45FN2O/c1-3-5-7-9-10-11-12-13-15-26-22-31-29(32-23-26)27-19-17-25(18-20-27)24-33-28(21-30)16-14-8-6-4-2/h17-20,22-23,28H,3-16,21,24H2,1-2H3. The molecule has 0 aliphatic rings. The molecule has 1 unspecified atom stereocenters. The topological polar surface area (TPSA) is 35.0 Å². The minimum atomic E-state index is -0.413. The average Bonchev–Trinajstić information content (AvgIpc) is 2.86. The summed E-state index contributed by atoms with van der Waals surface area (Å²) >= 11 is 0. The van der Waals surface area contributed by atoms with Crippen LogP contribution in [0.4, 0.5) is 4.39 Å². The summed E-state index contributed by atoms with van der Waals surface area (Å²) in [5.74, 6) is 0.750. The van der Waals surface area contributed by atoms with Crippen LogP contribution in [-0.2, 0) is 17.8 Å². The highest BCUT2D eigenvalue weighted by Gasteiger charge is 2.09. The number of aromatic nitrogens is 2. The molecule has 33 heavy (non-hydrogen) atoms. The molecule has 0 fully saturated rings. The quantitative estimate of drug-likeness (QED) is 0.198. The molecule has 0 aliphatic heterocycles. The number of hydrogen-bond donors (Lipinski definition) is 0. The van der Waals surface area contributed by atoms with Crippen LogP contribution in [0.1, 0.15) is 108 Å². The molecule has 0 aliphatic carbocycles. The highest BCUT2D eigenvalue weighted by atomic mass is 19.1. The zero-order chi connectivity index (χ0) is 23.6. The first-order valence-electron chi connectivity index (χ1n) is 13.3. The van der Waals surface area contributed by atoms with Gasteiger partial charge >= 0.3 is 0 Å². The third-order valence-electron chi connectivity index (χ3n) is 6.27. The van der Waals surface area contributed by atoms with Crippen LogP contribution in [0.3, 0.4) is 0 Å². The van der Waals surface area contributed by atoms with Crippen molar-refractivity contribution in [2.24, 2.45) is 0 Å². The van der Waals surface area contributed by atoms with Gasteiger partial charge in [-0.25, -0.2) is 14.4 Å². The van der Waals surface area contributed by atoms with E-state index in [2.05, 4.69) is 23.8 Å². The molecule has 0 bridgehead atoms. The molecule has 1 aromatic heterocycles. The molecule has 0 amide bonds. The molecule has 1 atom stereocenters. The van der Waals surface area contributed by atoms with Crippen LogP contribution >= 0.6 is 0 Å². The van der Waals surface area contributed by atoms with E-state index in [0.717, 1.165) is 42.6 Å². The van der Waals surface area contributed by atoms with Gasteiger partial charge in [0.15, 0.2) is 5.82 Å². The van der Waals surface area contributed by atoms with Crippen LogP contribution in [0, 0.1) is 0 Å². The monoisotopic (exact) mass is 456 g/mol. The fourth-order valence-corrected chi connectivity index (χ4v) is 4.06. The summed E-state index contributed by atoms with van der Waals surface area (Å²) in [5.41, 5.74) is 3.27. The Bertz CT molecular complexity index is 717. The third kappa shape index (κ3) is 11.7. The first-order chi connectivity index (χ1) is 16.3. The molecule has 2 rings (SSSR count). The largest absolute Gasteiger partial charge is 0.371 e. The van der Waals surface area contributed by atoms with E-state index in [9.17, 15) is 4.39 Å². The predicted molar refractivity (Wildman–Crippen MR) is 137 cm³/mol. The smallest absolute Gasteiger partial charge is 0.159 e.